The van der Waals surface area contributed by atoms with E-state index in [1.54, 1.807) is 0 Å². The van der Waals surface area contributed by atoms with Crippen molar-refractivity contribution in [3.8, 4) is 11.5 Å². The highest BCUT2D eigenvalue weighted by atomic mass is 35.5. The van der Waals surface area contributed by atoms with Crippen molar-refractivity contribution in [1.29, 1.82) is 0 Å². The molecule has 51 heavy (non-hydrogen) atoms. The number of Topliss-reactive ketones (excluding diaryl/α,β-unsaturated/α-hetero) is 1. The molecule has 0 unspecified atom stereocenters. The molecule has 0 radical (unpaired) electrons. The van der Waals surface area contributed by atoms with Crippen molar-refractivity contribution < 1.29 is 53.7 Å². The number of quaternary nitrogens is 1. The Bertz CT molecular complexity index is 1820. The summed E-state index contributed by atoms with van der Waals surface area (Å²) in [5.41, 5.74) is 4.28. The number of nitrogens with two attached hydrogens (primary N) is 1. The Hall–Kier alpha value is -4.39. The summed E-state index contributed by atoms with van der Waals surface area (Å²) in [5.74, 6) is -6.20. The van der Waals surface area contributed by atoms with Gasteiger partial charge in [-0.2, -0.15) is 0 Å². The third kappa shape index (κ3) is 7.78. The summed E-state index contributed by atoms with van der Waals surface area (Å²) in [5, 5.41) is 46.5. The van der Waals surface area contributed by atoms with Gasteiger partial charge < -0.3 is 40.8 Å². The number of likely N-dealkylation sites (tertiary alicyclic amines) is 1. The number of halogens is 1. The number of oxime groups is 1. The maximum atomic E-state index is 13.6. The number of carbonyl (C=O) groups excluding carboxylic acids is 3. The number of carboxylic acids is 2. The number of nitrogens with zero attached hydrogens (tertiary/aromatic N) is 4. The Balaban J connectivity index is 1.32. The number of nitrogen functional groups attached to an aromatic ring is 1. The van der Waals surface area contributed by atoms with Crippen molar-refractivity contribution in [2.75, 3.05) is 38.5 Å². The molecule has 0 saturated carbocycles. The summed E-state index contributed by atoms with van der Waals surface area (Å²) in [6, 6.07) is 2.36. The van der Waals surface area contributed by atoms with Gasteiger partial charge in [0, 0.05) is 41.0 Å². The fourth-order valence-corrected chi connectivity index (χ4v) is 8.64. The van der Waals surface area contributed by atoms with Gasteiger partial charge in [-0.3, -0.25) is 19.3 Å². The van der Waals surface area contributed by atoms with Crippen LogP contribution in [0.5, 0.6) is 11.5 Å². The van der Waals surface area contributed by atoms with Crippen molar-refractivity contribution in [2.24, 2.45) is 11.1 Å². The number of aromatic hydroxyl groups is 2. The van der Waals surface area contributed by atoms with Crippen LogP contribution in [0.1, 0.15) is 56.1 Å². The number of ketones is 1. The highest BCUT2D eigenvalue weighted by Gasteiger charge is 2.56. The quantitative estimate of drug-likeness (QED) is 0.0534. The molecular formula is C32H38ClN6O10S2+. The molecule has 3 aliphatic rings. The van der Waals surface area contributed by atoms with Crippen LogP contribution in [-0.4, -0.2) is 119 Å². The fourth-order valence-electron chi connectivity index (χ4n) is 6.37. The summed E-state index contributed by atoms with van der Waals surface area (Å²) in [6.45, 7) is 6.86. The van der Waals surface area contributed by atoms with Gasteiger partial charge in [-0.15, -0.1) is 23.1 Å². The number of aromatic nitrogens is 1. The molecule has 16 nitrogen and oxygen atoms in total. The summed E-state index contributed by atoms with van der Waals surface area (Å²) in [4.78, 5) is 74.8. The van der Waals surface area contributed by atoms with Crippen LogP contribution in [0, 0.1) is 5.92 Å². The second-order valence-electron chi connectivity index (χ2n) is 13.2. The Morgan fingerprint density at radius 1 is 1.20 bits per heavy atom. The van der Waals surface area contributed by atoms with Crippen LogP contribution in [0.2, 0.25) is 5.02 Å². The first kappa shape index (κ1) is 37.9. The first-order valence-electron chi connectivity index (χ1n) is 16.0. The van der Waals surface area contributed by atoms with E-state index < -0.39 is 57.9 Å². The summed E-state index contributed by atoms with van der Waals surface area (Å²) in [6.07, 6.45) is 1.44. The lowest BCUT2D eigenvalue weighted by molar-refractivity contribution is -0.911. The number of anilines is 1. The zero-order valence-corrected chi connectivity index (χ0v) is 30.3. The van der Waals surface area contributed by atoms with Gasteiger partial charge in [0.05, 0.1) is 42.5 Å². The molecule has 7 N–H and O–H groups in total. The molecule has 2 fully saturated rings. The molecule has 5 rings (SSSR count). The number of aliphatic carboxylic acids is 2. The van der Waals surface area contributed by atoms with Gasteiger partial charge in [0.2, 0.25) is 11.5 Å². The highest BCUT2D eigenvalue weighted by Crippen LogP contribution is 2.49. The second-order valence-corrected chi connectivity index (χ2v) is 15.9. The van der Waals surface area contributed by atoms with Gasteiger partial charge >= 0.3 is 11.9 Å². The number of amides is 2. The van der Waals surface area contributed by atoms with Crippen LogP contribution in [-0.2, 0) is 24.0 Å². The lowest BCUT2D eigenvalue weighted by Gasteiger charge is -2.51. The predicted octanol–water partition coefficient (Wildman–Crippen LogP) is 2.63. The Kier molecular flexibility index (Phi) is 10.9. The van der Waals surface area contributed by atoms with Gasteiger partial charge in [0.15, 0.2) is 28.1 Å². The van der Waals surface area contributed by atoms with Crippen molar-refractivity contribution in [3.63, 3.8) is 0 Å². The molecule has 2 amide bonds. The maximum absolute atomic E-state index is 13.6. The average molecular weight is 766 g/mol. The van der Waals surface area contributed by atoms with Crippen molar-refractivity contribution in [3.05, 3.63) is 45.1 Å². The number of nitrogens with one attached hydrogen (secondary N) is 1. The smallest absolute Gasteiger partial charge is 0.352 e. The molecule has 0 spiro atoms. The monoisotopic (exact) mass is 765 g/mol. The van der Waals surface area contributed by atoms with Gasteiger partial charge in [-0.1, -0.05) is 16.8 Å². The van der Waals surface area contributed by atoms with E-state index in [1.165, 1.54) is 42.0 Å². The molecule has 0 aliphatic carbocycles. The van der Waals surface area contributed by atoms with E-state index in [1.807, 2.05) is 6.92 Å². The fraction of sp³-hybridized carbons (Fsp3) is 0.469. The van der Waals surface area contributed by atoms with Crippen LogP contribution >= 0.6 is 34.7 Å². The number of fused-ring (bicyclic) bond motifs is 1. The second kappa shape index (κ2) is 14.7. The number of carbonyl (C=O) groups is 5. The standard InChI is InChI=1S/C32H37ClN6O10S2/c1-15-18(13-39(7-4-5-8-39)9-6-35-26(43)16-10-19(33)25(42)22(41)11-16)24(29(45)46)38-27(44)17(28(38)51-15)12-21(40)23(20-14-50-31(34)36-20)37-49-32(2,3)30(47)48/h10-11,14-15,17,28H,4-9,12-13H2,1-3H3,(H6-,34,35,36,37,40,41,42,43,45,46,47,48)/p+1/t15-,17+,28+/m0/s1. The minimum Gasteiger partial charge on any atom is -0.504 e. The number of hydrogen-bond donors (Lipinski definition) is 6. The minimum absolute atomic E-state index is 0.0613. The molecule has 2 aromatic rings. The molecule has 4 heterocycles. The van der Waals surface area contributed by atoms with Crippen LogP contribution in [0.3, 0.4) is 0 Å². The Morgan fingerprint density at radius 3 is 2.47 bits per heavy atom. The minimum atomic E-state index is -1.77. The molecular weight excluding hydrogens is 728 g/mol. The van der Waals surface area contributed by atoms with E-state index in [9.17, 15) is 44.4 Å². The van der Waals surface area contributed by atoms with E-state index in [-0.39, 0.29) is 51.0 Å². The highest BCUT2D eigenvalue weighted by molar-refractivity contribution is 8.00. The van der Waals surface area contributed by atoms with Crippen LogP contribution in [0.25, 0.3) is 0 Å². The topological polar surface area (TPSA) is 242 Å². The van der Waals surface area contributed by atoms with Crippen LogP contribution in [0.15, 0.2) is 33.9 Å². The number of thioether (sulfide) groups is 1. The van der Waals surface area contributed by atoms with E-state index >= 15 is 0 Å². The first-order chi connectivity index (χ1) is 23.9. The SMILES string of the molecule is C[C@@H]1S[C@@H]2[C@H](CC(=O)/C(=N\OC(C)(C)C(=O)O)c3csc(N)n3)C(=O)N2C(C(=O)O)=C1C[N+]1(CCNC(=O)c2cc(O)c(O)c(Cl)c2)CCCC1. The molecule has 274 valence electrons. The number of β-lactam (4-membered cyclic amide) rings is 1. The van der Waals surface area contributed by atoms with Crippen molar-refractivity contribution in [2.45, 2.75) is 56.3 Å². The normalized spacial score (nSPS) is 21.6. The Labute approximate surface area is 305 Å². The molecule has 0 bridgehead atoms. The third-order valence-electron chi connectivity index (χ3n) is 9.25. The summed E-state index contributed by atoms with van der Waals surface area (Å²) in [7, 11) is 0. The van der Waals surface area contributed by atoms with Gasteiger partial charge in [0.1, 0.15) is 17.9 Å². The number of rotatable bonds is 14. The number of hydrogen-bond acceptors (Lipinski definition) is 13. The largest absolute Gasteiger partial charge is 0.504 e. The number of benzene rings is 1. The molecule has 1 aromatic carbocycles. The molecule has 19 heteroatoms. The number of phenols is 2. The van der Waals surface area contributed by atoms with Crippen LogP contribution < -0.4 is 11.1 Å². The lowest BCUT2D eigenvalue weighted by Crippen LogP contribution is -2.63. The van der Waals surface area contributed by atoms with Gasteiger partial charge in [0.25, 0.3) is 5.91 Å². The lowest BCUT2D eigenvalue weighted by atomic mass is 9.88. The number of carboxylic acid groups (broad SMARTS) is 2. The predicted molar refractivity (Wildman–Crippen MR) is 187 cm³/mol. The van der Waals surface area contributed by atoms with Gasteiger partial charge in [-0.25, -0.2) is 14.6 Å². The number of phenolic OH excluding ortho intramolecular Hbond substituents is 2. The van der Waals surface area contributed by atoms with E-state index in [0.29, 0.717) is 23.1 Å². The van der Waals surface area contributed by atoms with E-state index in [2.05, 4.69) is 15.5 Å². The van der Waals surface area contributed by atoms with Gasteiger partial charge in [-0.05, 0) is 32.9 Å². The molecule has 3 atom stereocenters. The summed E-state index contributed by atoms with van der Waals surface area (Å²) < 4.78 is 0.483. The zero-order chi connectivity index (χ0) is 37.4. The zero-order valence-electron chi connectivity index (χ0n) is 27.9. The molecule has 3 aliphatic heterocycles. The van der Waals surface area contributed by atoms with Crippen molar-refractivity contribution in [1.82, 2.24) is 15.2 Å². The summed E-state index contributed by atoms with van der Waals surface area (Å²) >= 11 is 8.32. The van der Waals surface area contributed by atoms with Crippen molar-refractivity contribution >= 4 is 75.1 Å². The molecule has 2 saturated heterocycles. The maximum Gasteiger partial charge on any atom is 0.352 e. The number of thiazole rings is 1. The van der Waals surface area contributed by atoms with E-state index in [4.69, 9.17) is 22.2 Å². The first-order valence-corrected chi connectivity index (χ1v) is 18.2. The third-order valence-corrected chi connectivity index (χ3v) is 11.7. The average Bonchev–Trinajstić information content (AvgIpc) is 3.71. The van der Waals surface area contributed by atoms with E-state index in [0.717, 1.165) is 43.3 Å². The Morgan fingerprint density at radius 2 is 1.88 bits per heavy atom. The van der Waals surface area contributed by atoms with Crippen LogP contribution in [0.4, 0.5) is 5.13 Å². The molecule has 1 aromatic heterocycles.